The molecule has 1 aliphatic heterocycles. The van der Waals surface area contributed by atoms with E-state index in [0.717, 1.165) is 0 Å². The molecule has 8 heteroatoms. The van der Waals surface area contributed by atoms with Gasteiger partial charge >= 0.3 is 0 Å². The molecule has 0 unspecified atom stereocenters. The first-order chi connectivity index (χ1) is 11.9. The normalized spacial score (nSPS) is 17.8. The van der Waals surface area contributed by atoms with Crippen LogP contribution >= 0.6 is 11.6 Å². The molecule has 1 fully saturated rings. The fraction of sp³-hybridized carbons (Fsp3) is 0.235. The number of benzene rings is 2. The van der Waals surface area contributed by atoms with Crippen molar-refractivity contribution in [1.82, 2.24) is 4.72 Å². The second kappa shape index (κ2) is 7.03. The largest absolute Gasteiger partial charge is 0.497 e. The van der Waals surface area contributed by atoms with Crippen molar-refractivity contribution in [3.05, 3.63) is 53.6 Å². The van der Waals surface area contributed by atoms with Gasteiger partial charge in [-0.1, -0.05) is 17.7 Å². The van der Waals surface area contributed by atoms with Crippen molar-refractivity contribution in [3.63, 3.8) is 0 Å². The SMILES string of the molecule is COc1cccc(N2C[C@H](NS(=O)(=O)c3ccc(Cl)cc3)CC2=O)c1. The first-order valence-corrected chi connectivity index (χ1v) is 9.47. The summed E-state index contributed by atoms with van der Waals surface area (Å²) < 4.78 is 32.6. The Morgan fingerprint density at radius 3 is 2.60 bits per heavy atom. The molecule has 0 radical (unpaired) electrons. The van der Waals surface area contributed by atoms with Crippen molar-refractivity contribution in [2.75, 3.05) is 18.6 Å². The molecule has 3 rings (SSSR count). The van der Waals surface area contributed by atoms with Gasteiger partial charge in [-0.25, -0.2) is 13.1 Å². The van der Waals surface area contributed by atoms with Gasteiger partial charge in [-0.15, -0.1) is 0 Å². The molecule has 2 aromatic rings. The van der Waals surface area contributed by atoms with Gasteiger partial charge in [-0.2, -0.15) is 0 Å². The Morgan fingerprint density at radius 2 is 1.92 bits per heavy atom. The molecule has 2 aromatic carbocycles. The molecule has 0 aliphatic carbocycles. The molecule has 0 spiro atoms. The molecule has 1 N–H and O–H groups in total. The minimum absolute atomic E-state index is 0.101. The Balaban J connectivity index is 1.75. The summed E-state index contributed by atoms with van der Waals surface area (Å²) in [6.07, 6.45) is 0.101. The van der Waals surface area contributed by atoms with Crippen molar-refractivity contribution in [3.8, 4) is 5.75 Å². The highest BCUT2D eigenvalue weighted by atomic mass is 35.5. The highest BCUT2D eigenvalue weighted by Gasteiger charge is 2.33. The van der Waals surface area contributed by atoms with Gasteiger partial charge < -0.3 is 9.64 Å². The predicted octanol–water partition coefficient (Wildman–Crippen LogP) is 2.43. The molecule has 1 heterocycles. The summed E-state index contributed by atoms with van der Waals surface area (Å²) in [5.74, 6) is 0.493. The summed E-state index contributed by atoms with van der Waals surface area (Å²) in [5, 5.41) is 0.458. The highest BCUT2D eigenvalue weighted by Crippen LogP contribution is 2.26. The zero-order valence-electron chi connectivity index (χ0n) is 13.5. The number of ether oxygens (including phenoxy) is 1. The zero-order valence-corrected chi connectivity index (χ0v) is 15.0. The Hall–Kier alpha value is -2.09. The van der Waals surface area contributed by atoms with Crippen LogP contribution in [0.5, 0.6) is 5.75 Å². The number of nitrogens with one attached hydrogen (secondary N) is 1. The van der Waals surface area contributed by atoms with Gasteiger partial charge in [-0.05, 0) is 36.4 Å². The number of carbonyl (C=O) groups excluding carboxylic acids is 1. The standard InChI is InChI=1S/C17H17ClN2O4S/c1-24-15-4-2-3-14(10-15)20-11-13(9-17(20)21)19-25(22,23)16-7-5-12(18)6-8-16/h2-8,10,13,19H,9,11H2,1H3/t13-/m1/s1. The Morgan fingerprint density at radius 1 is 1.20 bits per heavy atom. The van der Waals surface area contributed by atoms with E-state index >= 15 is 0 Å². The van der Waals surface area contributed by atoms with Gasteiger partial charge in [0.25, 0.3) is 0 Å². The Kier molecular flexibility index (Phi) is 4.99. The summed E-state index contributed by atoms with van der Waals surface area (Å²) >= 11 is 5.79. The number of methoxy groups -OCH3 is 1. The van der Waals surface area contributed by atoms with Crippen LogP contribution in [0.25, 0.3) is 0 Å². The van der Waals surface area contributed by atoms with Crippen molar-refractivity contribution < 1.29 is 17.9 Å². The third-order valence-corrected chi connectivity index (χ3v) is 5.72. The van der Waals surface area contributed by atoms with Crippen molar-refractivity contribution in [2.24, 2.45) is 0 Å². The van der Waals surface area contributed by atoms with Crippen molar-refractivity contribution in [1.29, 1.82) is 0 Å². The van der Waals surface area contributed by atoms with Crippen LogP contribution in [0.1, 0.15) is 6.42 Å². The molecule has 1 saturated heterocycles. The molecular formula is C17H17ClN2O4S. The van der Waals surface area contributed by atoms with Gasteiger partial charge in [0.1, 0.15) is 5.75 Å². The average molecular weight is 381 g/mol. The number of hydrogen-bond acceptors (Lipinski definition) is 4. The second-order valence-corrected chi connectivity index (χ2v) is 7.83. The quantitative estimate of drug-likeness (QED) is 0.864. The van der Waals surface area contributed by atoms with Crippen LogP contribution in [0.4, 0.5) is 5.69 Å². The van der Waals surface area contributed by atoms with Crippen LogP contribution in [0.3, 0.4) is 0 Å². The summed E-state index contributed by atoms with van der Waals surface area (Å²) in [6, 6.07) is 12.5. The first-order valence-electron chi connectivity index (χ1n) is 7.61. The van der Waals surface area contributed by atoms with E-state index in [1.807, 2.05) is 0 Å². The lowest BCUT2D eigenvalue weighted by molar-refractivity contribution is -0.117. The lowest BCUT2D eigenvalue weighted by Crippen LogP contribution is -2.37. The summed E-state index contributed by atoms with van der Waals surface area (Å²) in [5.41, 5.74) is 0.678. The Bertz CT molecular complexity index is 884. The maximum atomic E-state index is 12.4. The number of sulfonamides is 1. The van der Waals surface area contributed by atoms with Gasteiger partial charge in [0.15, 0.2) is 0 Å². The summed E-state index contributed by atoms with van der Waals surface area (Å²) in [4.78, 5) is 14.0. The number of nitrogens with zero attached hydrogens (tertiary/aromatic N) is 1. The van der Waals surface area contributed by atoms with Gasteiger partial charge in [0, 0.05) is 35.8 Å². The number of hydrogen-bond donors (Lipinski definition) is 1. The van der Waals surface area contributed by atoms with Crippen molar-refractivity contribution >= 4 is 33.2 Å². The number of halogens is 1. The van der Waals surface area contributed by atoms with Crippen LogP contribution in [0.15, 0.2) is 53.4 Å². The number of rotatable bonds is 5. The fourth-order valence-electron chi connectivity index (χ4n) is 2.72. The predicted molar refractivity (Wildman–Crippen MR) is 95.5 cm³/mol. The van der Waals surface area contributed by atoms with E-state index in [4.69, 9.17) is 16.3 Å². The van der Waals surface area contributed by atoms with Crippen molar-refractivity contribution in [2.45, 2.75) is 17.4 Å². The fourth-order valence-corrected chi connectivity index (χ4v) is 4.07. The molecule has 1 aliphatic rings. The van der Waals surface area contributed by atoms with E-state index in [-0.39, 0.29) is 23.8 Å². The lowest BCUT2D eigenvalue weighted by Gasteiger charge is -2.18. The minimum atomic E-state index is -3.71. The minimum Gasteiger partial charge on any atom is -0.497 e. The van der Waals surface area contributed by atoms with Gasteiger partial charge in [-0.3, -0.25) is 4.79 Å². The molecule has 6 nitrogen and oxygen atoms in total. The topological polar surface area (TPSA) is 75.7 Å². The van der Waals surface area contributed by atoms with Crippen LogP contribution in [0.2, 0.25) is 5.02 Å². The monoisotopic (exact) mass is 380 g/mol. The van der Waals surface area contributed by atoms with E-state index in [9.17, 15) is 13.2 Å². The van der Waals surface area contributed by atoms with Gasteiger partial charge in [0.05, 0.1) is 12.0 Å². The van der Waals surface area contributed by atoms with E-state index in [1.54, 1.807) is 36.3 Å². The Labute approximate surface area is 151 Å². The number of amides is 1. The van der Waals surface area contributed by atoms with Gasteiger partial charge in [0.2, 0.25) is 15.9 Å². The van der Waals surface area contributed by atoms with E-state index in [0.29, 0.717) is 16.5 Å². The van der Waals surface area contributed by atoms with Crippen LogP contribution in [-0.2, 0) is 14.8 Å². The highest BCUT2D eigenvalue weighted by molar-refractivity contribution is 7.89. The maximum absolute atomic E-state index is 12.4. The molecular weight excluding hydrogens is 364 g/mol. The average Bonchev–Trinajstić information content (AvgIpc) is 2.95. The number of anilines is 1. The molecule has 1 atom stereocenters. The third-order valence-electron chi connectivity index (χ3n) is 3.94. The lowest BCUT2D eigenvalue weighted by atomic mass is 10.3. The van der Waals surface area contributed by atoms with E-state index < -0.39 is 16.1 Å². The second-order valence-electron chi connectivity index (χ2n) is 5.68. The smallest absolute Gasteiger partial charge is 0.240 e. The van der Waals surface area contributed by atoms with Crippen LogP contribution in [-0.4, -0.2) is 34.0 Å². The molecule has 0 bridgehead atoms. The van der Waals surface area contributed by atoms with E-state index in [1.165, 1.54) is 24.3 Å². The number of carbonyl (C=O) groups is 1. The molecule has 132 valence electrons. The van der Waals surface area contributed by atoms with Crippen LogP contribution in [0, 0.1) is 0 Å². The molecule has 1 amide bonds. The van der Waals surface area contributed by atoms with E-state index in [2.05, 4.69) is 4.72 Å². The zero-order chi connectivity index (χ0) is 18.0. The summed E-state index contributed by atoms with van der Waals surface area (Å²) in [6.45, 7) is 0.263. The molecule has 0 saturated carbocycles. The van der Waals surface area contributed by atoms with Crippen LogP contribution < -0.4 is 14.4 Å². The first kappa shape index (κ1) is 17.7. The molecule has 25 heavy (non-hydrogen) atoms. The molecule has 0 aromatic heterocycles. The third kappa shape index (κ3) is 3.95. The maximum Gasteiger partial charge on any atom is 0.240 e. The summed E-state index contributed by atoms with van der Waals surface area (Å²) in [7, 11) is -2.16.